The monoisotopic (exact) mass is 297 g/mol. The topological polar surface area (TPSA) is 30.0 Å². The summed E-state index contributed by atoms with van der Waals surface area (Å²) >= 11 is 3.12. The fourth-order valence-electron chi connectivity index (χ4n) is 1.35. The van der Waals surface area contributed by atoms with Crippen LogP contribution in [0.25, 0.3) is 0 Å². The molecule has 17 heavy (non-hydrogen) atoms. The highest BCUT2D eigenvalue weighted by molar-refractivity contribution is 9.10. The summed E-state index contributed by atoms with van der Waals surface area (Å²) in [7, 11) is 0. The summed E-state index contributed by atoms with van der Waals surface area (Å²) in [5.41, 5.74) is -0.596. The molecule has 0 atom stereocenters. The van der Waals surface area contributed by atoms with E-state index in [0.29, 0.717) is 4.47 Å². The molecule has 5 heteroatoms. The van der Waals surface area contributed by atoms with Gasteiger partial charge in [0.15, 0.2) is 5.82 Å². The number of nitrogens with zero attached hydrogens (tertiary/aromatic N) is 1. The largest absolute Gasteiger partial charge is 0.287 e. The van der Waals surface area contributed by atoms with Crippen LogP contribution in [0.5, 0.6) is 0 Å². The van der Waals surface area contributed by atoms with Crippen molar-refractivity contribution < 1.29 is 13.6 Å². The highest BCUT2D eigenvalue weighted by Crippen LogP contribution is 2.19. The van der Waals surface area contributed by atoms with Crippen LogP contribution in [0, 0.1) is 11.6 Å². The van der Waals surface area contributed by atoms with Gasteiger partial charge in [0.05, 0.1) is 5.56 Å². The van der Waals surface area contributed by atoms with Gasteiger partial charge in [-0.3, -0.25) is 4.79 Å². The fourth-order valence-corrected chi connectivity index (χ4v) is 1.71. The average Bonchev–Trinajstić information content (AvgIpc) is 2.32. The molecule has 0 aliphatic heterocycles. The number of carbonyl (C=O) groups is 1. The molecule has 2 aromatic rings. The first-order chi connectivity index (χ1) is 8.09. The Hall–Kier alpha value is -1.62. The summed E-state index contributed by atoms with van der Waals surface area (Å²) in [5.74, 6) is -2.25. The van der Waals surface area contributed by atoms with Crippen LogP contribution in [-0.2, 0) is 0 Å². The van der Waals surface area contributed by atoms with Gasteiger partial charge in [-0.1, -0.05) is 15.9 Å². The van der Waals surface area contributed by atoms with Gasteiger partial charge in [0.1, 0.15) is 11.5 Å². The lowest BCUT2D eigenvalue weighted by Crippen LogP contribution is -2.09. The zero-order valence-electron chi connectivity index (χ0n) is 8.45. The van der Waals surface area contributed by atoms with E-state index in [1.165, 1.54) is 24.4 Å². The second-order valence-electron chi connectivity index (χ2n) is 3.29. The lowest BCUT2D eigenvalue weighted by Gasteiger charge is -2.03. The molecule has 2 rings (SSSR count). The molecule has 0 amide bonds. The predicted molar refractivity (Wildman–Crippen MR) is 61.7 cm³/mol. The third-order valence-electron chi connectivity index (χ3n) is 2.15. The molecule has 0 aliphatic carbocycles. The van der Waals surface area contributed by atoms with E-state index in [0.717, 1.165) is 12.1 Å². The Labute approximate surface area is 104 Å². The average molecular weight is 298 g/mol. The molecule has 0 radical (unpaired) electrons. The summed E-state index contributed by atoms with van der Waals surface area (Å²) < 4.78 is 27.3. The van der Waals surface area contributed by atoms with Crippen LogP contribution in [0.3, 0.4) is 0 Å². The summed E-state index contributed by atoms with van der Waals surface area (Å²) in [6.45, 7) is 0. The standard InChI is InChI=1S/C12H6BrF2NO/c13-7-3-4-9(14)8(6-7)12(17)11-10(15)2-1-5-16-11/h1-6H. The van der Waals surface area contributed by atoms with E-state index >= 15 is 0 Å². The first-order valence-corrected chi connectivity index (χ1v) is 5.49. The lowest BCUT2D eigenvalue weighted by molar-refractivity contribution is 0.102. The molecule has 1 aromatic heterocycles. The Morgan fingerprint density at radius 2 is 1.94 bits per heavy atom. The smallest absolute Gasteiger partial charge is 0.217 e. The Bertz CT molecular complexity index is 586. The third kappa shape index (κ3) is 2.39. The van der Waals surface area contributed by atoms with E-state index in [-0.39, 0.29) is 11.3 Å². The van der Waals surface area contributed by atoms with Crippen LogP contribution in [0.15, 0.2) is 41.0 Å². The molecule has 0 N–H and O–H groups in total. The second kappa shape index (κ2) is 4.71. The van der Waals surface area contributed by atoms with Gasteiger partial charge in [-0.15, -0.1) is 0 Å². The summed E-state index contributed by atoms with van der Waals surface area (Å²) in [6, 6.07) is 6.37. The Morgan fingerprint density at radius 1 is 1.18 bits per heavy atom. The van der Waals surface area contributed by atoms with Crippen LogP contribution >= 0.6 is 15.9 Å². The first-order valence-electron chi connectivity index (χ1n) is 4.70. The van der Waals surface area contributed by atoms with Crippen molar-refractivity contribution in [2.75, 3.05) is 0 Å². The van der Waals surface area contributed by atoms with Crippen molar-refractivity contribution in [2.24, 2.45) is 0 Å². The Morgan fingerprint density at radius 3 is 2.65 bits per heavy atom. The van der Waals surface area contributed by atoms with Crippen molar-refractivity contribution >= 4 is 21.7 Å². The third-order valence-corrected chi connectivity index (χ3v) is 2.64. The maximum absolute atomic E-state index is 13.4. The first kappa shape index (κ1) is 11.9. The highest BCUT2D eigenvalue weighted by atomic mass is 79.9. The quantitative estimate of drug-likeness (QED) is 0.796. The molecule has 2 nitrogen and oxygen atoms in total. The second-order valence-corrected chi connectivity index (χ2v) is 4.20. The minimum atomic E-state index is -0.776. The molecule has 86 valence electrons. The van der Waals surface area contributed by atoms with Crippen LogP contribution in [0.1, 0.15) is 16.1 Å². The number of aromatic nitrogens is 1. The number of hydrogen-bond donors (Lipinski definition) is 0. The van der Waals surface area contributed by atoms with Crippen molar-refractivity contribution in [3.63, 3.8) is 0 Å². The number of hydrogen-bond acceptors (Lipinski definition) is 2. The van der Waals surface area contributed by atoms with Crippen molar-refractivity contribution in [1.29, 1.82) is 0 Å². The Balaban J connectivity index is 2.51. The van der Waals surface area contributed by atoms with E-state index in [4.69, 9.17) is 0 Å². The van der Waals surface area contributed by atoms with Crippen LogP contribution < -0.4 is 0 Å². The summed E-state index contributed by atoms with van der Waals surface area (Å²) in [6.07, 6.45) is 1.28. The number of pyridine rings is 1. The van der Waals surface area contributed by atoms with Crippen LogP contribution in [0.4, 0.5) is 8.78 Å². The van der Waals surface area contributed by atoms with Gasteiger partial charge < -0.3 is 0 Å². The zero-order valence-corrected chi connectivity index (χ0v) is 10.0. The predicted octanol–water partition coefficient (Wildman–Crippen LogP) is 3.35. The number of carbonyl (C=O) groups excluding carboxylic acids is 1. The summed E-state index contributed by atoms with van der Waals surface area (Å²) in [4.78, 5) is 15.5. The van der Waals surface area contributed by atoms with E-state index in [1.807, 2.05) is 0 Å². The van der Waals surface area contributed by atoms with Crippen LogP contribution in [-0.4, -0.2) is 10.8 Å². The van der Waals surface area contributed by atoms with Crippen molar-refractivity contribution in [2.45, 2.75) is 0 Å². The van der Waals surface area contributed by atoms with E-state index < -0.39 is 17.4 Å². The maximum atomic E-state index is 13.4. The molecule has 1 heterocycles. The molecule has 0 spiro atoms. The number of ketones is 1. The van der Waals surface area contributed by atoms with Crippen molar-refractivity contribution in [3.05, 3.63) is 63.9 Å². The maximum Gasteiger partial charge on any atom is 0.217 e. The normalized spacial score (nSPS) is 10.3. The zero-order chi connectivity index (χ0) is 12.4. The van der Waals surface area contributed by atoms with Crippen molar-refractivity contribution in [3.8, 4) is 0 Å². The SMILES string of the molecule is O=C(c1cc(Br)ccc1F)c1ncccc1F. The van der Waals surface area contributed by atoms with Gasteiger partial charge >= 0.3 is 0 Å². The number of benzene rings is 1. The van der Waals surface area contributed by atoms with Gasteiger partial charge in [-0.25, -0.2) is 13.8 Å². The molecule has 1 aromatic carbocycles. The molecule has 0 bridgehead atoms. The summed E-state index contributed by atoms with van der Waals surface area (Å²) in [5, 5.41) is 0. The molecular weight excluding hydrogens is 292 g/mol. The molecule has 0 unspecified atom stereocenters. The minimum Gasteiger partial charge on any atom is -0.287 e. The van der Waals surface area contributed by atoms with Crippen LogP contribution in [0.2, 0.25) is 0 Å². The molecular formula is C12H6BrF2NO. The van der Waals surface area contributed by atoms with Gasteiger partial charge in [-0.2, -0.15) is 0 Å². The van der Waals surface area contributed by atoms with Gasteiger partial charge in [-0.05, 0) is 30.3 Å². The van der Waals surface area contributed by atoms with E-state index in [9.17, 15) is 13.6 Å². The van der Waals surface area contributed by atoms with Gasteiger partial charge in [0.2, 0.25) is 5.78 Å². The molecule has 0 fully saturated rings. The molecule has 0 aliphatic rings. The lowest BCUT2D eigenvalue weighted by atomic mass is 10.1. The number of rotatable bonds is 2. The molecule has 0 saturated carbocycles. The van der Waals surface area contributed by atoms with Crippen molar-refractivity contribution in [1.82, 2.24) is 4.98 Å². The van der Waals surface area contributed by atoms with Gasteiger partial charge in [0, 0.05) is 10.7 Å². The number of halogens is 3. The Kier molecular flexibility index (Phi) is 3.28. The minimum absolute atomic E-state index is 0.211. The van der Waals surface area contributed by atoms with Gasteiger partial charge in [0.25, 0.3) is 0 Å². The van der Waals surface area contributed by atoms with E-state index in [1.54, 1.807) is 0 Å². The molecule has 0 saturated heterocycles. The van der Waals surface area contributed by atoms with E-state index in [2.05, 4.69) is 20.9 Å². The highest BCUT2D eigenvalue weighted by Gasteiger charge is 2.18. The fraction of sp³-hybridized carbons (Fsp3) is 0.